The molecule has 0 amide bonds. The molecule has 0 atom stereocenters. The number of aryl methyl sites for hydroxylation is 3. The molecule has 0 aliphatic carbocycles. The number of benzene rings is 1. The predicted octanol–water partition coefficient (Wildman–Crippen LogP) is 4.88. The summed E-state index contributed by atoms with van der Waals surface area (Å²) in [5.74, 6) is 0. The monoisotopic (exact) mass is 317 g/mol. The minimum atomic E-state index is 0.726. The molecule has 0 aliphatic heterocycles. The van der Waals surface area contributed by atoms with Crippen molar-refractivity contribution in [2.45, 2.75) is 27.3 Å². The van der Waals surface area contributed by atoms with E-state index >= 15 is 0 Å². The van der Waals surface area contributed by atoms with Gasteiger partial charge < -0.3 is 5.32 Å². The second kappa shape index (κ2) is 5.62. The third-order valence-corrected chi connectivity index (χ3v) is 4.83. The third-order valence-electron chi connectivity index (χ3n) is 3.46. The van der Waals surface area contributed by atoms with Crippen LogP contribution in [0.5, 0.6) is 0 Å². The van der Waals surface area contributed by atoms with Crippen LogP contribution < -0.4 is 5.32 Å². The van der Waals surface area contributed by atoms with Gasteiger partial charge in [-0.25, -0.2) is 4.98 Å². The van der Waals surface area contributed by atoms with Gasteiger partial charge in [0.05, 0.1) is 33.5 Å². The van der Waals surface area contributed by atoms with E-state index in [-0.39, 0.29) is 0 Å². The molecule has 0 bridgehead atoms. The molecular weight excluding hydrogens is 302 g/mol. The van der Waals surface area contributed by atoms with E-state index in [1.165, 1.54) is 4.88 Å². The summed E-state index contributed by atoms with van der Waals surface area (Å²) < 4.78 is 0. The lowest BCUT2D eigenvalue weighted by Crippen LogP contribution is -2.01. The van der Waals surface area contributed by atoms with Gasteiger partial charge in [-0.3, -0.25) is 4.98 Å². The zero-order chi connectivity index (χ0) is 15.0. The molecule has 2 heterocycles. The molecule has 21 heavy (non-hydrogen) atoms. The van der Waals surface area contributed by atoms with Crippen LogP contribution in [0.15, 0.2) is 24.4 Å². The number of rotatable bonds is 3. The highest BCUT2D eigenvalue weighted by Gasteiger charge is 2.11. The highest BCUT2D eigenvalue weighted by atomic mass is 35.5. The Kier molecular flexibility index (Phi) is 3.83. The number of hydrogen-bond donors (Lipinski definition) is 1. The molecule has 3 rings (SSSR count). The number of anilines is 1. The highest BCUT2D eigenvalue weighted by molar-refractivity contribution is 7.11. The fourth-order valence-electron chi connectivity index (χ4n) is 2.47. The van der Waals surface area contributed by atoms with Gasteiger partial charge in [0.25, 0.3) is 0 Å². The van der Waals surface area contributed by atoms with Crippen LogP contribution in [0.1, 0.15) is 21.1 Å². The van der Waals surface area contributed by atoms with Crippen molar-refractivity contribution >= 4 is 39.5 Å². The molecule has 0 unspecified atom stereocenters. The minimum Gasteiger partial charge on any atom is -0.378 e. The molecule has 0 saturated heterocycles. The van der Waals surface area contributed by atoms with E-state index in [1.54, 1.807) is 11.3 Å². The Morgan fingerprint density at radius 3 is 2.81 bits per heavy atom. The zero-order valence-corrected chi connectivity index (χ0v) is 13.8. The van der Waals surface area contributed by atoms with E-state index in [9.17, 15) is 0 Å². The minimum absolute atomic E-state index is 0.726. The topological polar surface area (TPSA) is 37.8 Å². The van der Waals surface area contributed by atoms with Gasteiger partial charge in [0.15, 0.2) is 0 Å². The molecule has 108 valence electrons. The number of pyridine rings is 1. The lowest BCUT2D eigenvalue weighted by molar-refractivity contribution is 1.11. The maximum atomic E-state index is 6.42. The number of nitrogens with zero attached hydrogens (tertiary/aromatic N) is 2. The molecule has 0 aliphatic rings. The first-order chi connectivity index (χ1) is 10.1. The van der Waals surface area contributed by atoms with Crippen molar-refractivity contribution < 1.29 is 0 Å². The first-order valence-corrected chi connectivity index (χ1v) is 7.96. The van der Waals surface area contributed by atoms with Gasteiger partial charge in [0, 0.05) is 16.5 Å². The van der Waals surface area contributed by atoms with Crippen LogP contribution in [-0.4, -0.2) is 9.97 Å². The van der Waals surface area contributed by atoms with Crippen LogP contribution >= 0.6 is 22.9 Å². The Hall–Kier alpha value is -1.65. The smallest absolute Gasteiger partial charge is 0.0900 e. The molecule has 0 fully saturated rings. The summed E-state index contributed by atoms with van der Waals surface area (Å²) in [6.45, 7) is 6.82. The van der Waals surface area contributed by atoms with Crippen LogP contribution in [0.3, 0.4) is 0 Å². The summed E-state index contributed by atoms with van der Waals surface area (Å²) >= 11 is 8.13. The van der Waals surface area contributed by atoms with E-state index < -0.39 is 0 Å². The van der Waals surface area contributed by atoms with Crippen LogP contribution in [0, 0.1) is 20.8 Å². The van der Waals surface area contributed by atoms with Gasteiger partial charge in [-0.2, -0.15) is 0 Å². The lowest BCUT2D eigenvalue weighted by atomic mass is 10.1. The second-order valence-corrected chi connectivity index (χ2v) is 6.74. The highest BCUT2D eigenvalue weighted by Crippen LogP contribution is 2.33. The fourth-order valence-corrected chi connectivity index (χ4v) is 3.68. The molecule has 2 aromatic heterocycles. The Morgan fingerprint density at radius 1 is 1.29 bits per heavy atom. The first kappa shape index (κ1) is 14.3. The average Bonchev–Trinajstić information content (AvgIpc) is 2.77. The van der Waals surface area contributed by atoms with Gasteiger partial charge >= 0.3 is 0 Å². The van der Waals surface area contributed by atoms with E-state index in [0.29, 0.717) is 0 Å². The summed E-state index contributed by atoms with van der Waals surface area (Å²) in [4.78, 5) is 10.1. The Balaban J connectivity index is 1.99. The zero-order valence-electron chi connectivity index (χ0n) is 12.2. The van der Waals surface area contributed by atoms with E-state index in [1.807, 2.05) is 45.2 Å². The van der Waals surface area contributed by atoms with E-state index in [0.717, 1.165) is 44.4 Å². The Labute approximate surface area is 133 Å². The number of hydrogen-bond acceptors (Lipinski definition) is 4. The summed E-state index contributed by atoms with van der Waals surface area (Å²) in [5.41, 5.74) is 4.10. The summed E-state index contributed by atoms with van der Waals surface area (Å²) in [5, 5.41) is 6.33. The molecule has 3 nitrogen and oxygen atoms in total. The number of thiazole rings is 1. The van der Waals surface area contributed by atoms with Gasteiger partial charge in [-0.05, 0) is 44.5 Å². The van der Waals surface area contributed by atoms with Crippen molar-refractivity contribution in [2.75, 3.05) is 5.32 Å². The predicted molar refractivity (Wildman–Crippen MR) is 90.4 cm³/mol. The summed E-state index contributed by atoms with van der Waals surface area (Å²) in [6.07, 6.45) is 1.81. The molecule has 0 radical (unpaired) electrons. The molecule has 1 aromatic carbocycles. The number of nitrogens with one attached hydrogen (secondary N) is 1. The Morgan fingerprint density at radius 2 is 2.10 bits per heavy atom. The number of halogens is 1. The maximum absolute atomic E-state index is 6.42. The average molecular weight is 318 g/mol. The molecular formula is C16H16ClN3S. The van der Waals surface area contributed by atoms with Gasteiger partial charge in [0.1, 0.15) is 0 Å². The van der Waals surface area contributed by atoms with Crippen molar-refractivity contribution in [3.8, 4) is 0 Å². The SMILES string of the molecule is Cc1nc(C)c(CNc2c(Cl)cc(C)c3ncccc23)s1. The largest absolute Gasteiger partial charge is 0.378 e. The standard InChI is InChI=1S/C16H16ClN3S/c1-9-7-13(17)16(12-5-4-6-18-15(9)12)19-8-14-10(2)20-11(3)21-14/h4-7,19H,8H2,1-3H3. The van der Waals surface area contributed by atoms with Crippen molar-refractivity contribution in [1.29, 1.82) is 0 Å². The van der Waals surface area contributed by atoms with Crippen LogP contribution in [0.2, 0.25) is 5.02 Å². The summed E-state index contributed by atoms with van der Waals surface area (Å²) in [6, 6.07) is 5.95. The van der Waals surface area contributed by atoms with Gasteiger partial charge in [-0.1, -0.05) is 11.6 Å². The number of aromatic nitrogens is 2. The second-order valence-electron chi connectivity index (χ2n) is 5.04. The normalized spacial score (nSPS) is 11.0. The molecule has 3 aromatic rings. The molecule has 0 saturated carbocycles. The van der Waals surface area contributed by atoms with Crippen LogP contribution in [-0.2, 0) is 6.54 Å². The van der Waals surface area contributed by atoms with Crippen molar-refractivity contribution in [1.82, 2.24) is 9.97 Å². The van der Waals surface area contributed by atoms with Gasteiger partial charge in [-0.15, -0.1) is 11.3 Å². The molecule has 1 N–H and O–H groups in total. The Bertz CT molecular complexity index is 811. The maximum Gasteiger partial charge on any atom is 0.0900 e. The third kappa shape index (κ3) is 2.74. The van der Waals surface area contributed by atoms with Crippen molar-refractivity contribution in [3.63, 3.8) is 0 Å². The number of fused-ring (bicyclic) bond motifs is 1. The van der Waals surface area contributed by atoms with Crippen LogP contribution in [0.25, 0.3) is 10.9 Å². The lowest BCUT2D eigenvalue weighted by Gasteiger charge is -2.12. The van der Waals surface area contributed by atoms with E-state index in [4.69, 9.17) is 11.6 Å². The van der Waals surface area contributed by atoms with Gasteiger partial charge in [0.2, 0.25) is 0 Å². The van der Waals surface area contributed by atoms with E-state index in [2.05, 4.69) is 15.3 Å². The fraction of sp³-hybridized carbons (Fsp3) is 0.250. The van der Waals surface area contributed by atoms with Crippen molar-refractivity contribution in [3.05, 3.63) is 50.6 Å². The van der Waals surface area contributed by atoms with Crippen LogP contribution in [0.4, 0.5) is 5.69 Å². The first-order valence-electron chi connectivity index (χ1n) is 6.77. The van der Waals surface area contributed by atoms with Crippen molar-refractivity contribution in [2.24, 2.45) is 0 Å². The molecule has 0 spiro atoms. The quantitative estimate of drug-likeness (QED) is 0.748. The molecule has 5 heteroatoms. The summed E-state index contributed by atoms with van der Waals surface area (Å²) in [7, 11) is 0.